The molecule has 0 bridgehead atoms. The predicted octanol–water partition coefficient (Wildman–Crippen LogP) is 13.1. The van der Waals surface area contributed by atoms with Crippen molar-refractivity contribution in [1.29, 1.82) is 0 Å². The summed E-state index contributed by atoms with van der Waals surface area (Å²) in [5.74, 6) is -0.0814. The lowest BCUT2D eigenvalue weighted by atomic mass is 10.1. The Morgan fingerprint density at radius 3 is 1.15 bits per heavy atom. The van der Waals surface area contributed by atoms with Gasteiger partial charge in [-0.15, -0.1) is 0 Å². The van der Waals surface area contributed by atoms with Crippen LogP contribution in [0.25, 0.3) is 0 Å². The molecule has 60 heavy (non-hydrogen) atoms. The molecule has 0 aromatic carbocycles. The van der Waals surface area contributed by atoms with E-state index in [9.17, 15) is 19.8 Å². The normalized spacial score (nSPS) is 11.9. The molecule has 0 aliphatic heterocycles. The van der Waals surface area contributed by atoms with Gasteiger partial charge in [-0.05, 0) is 96.7 Å². The van der Waals surface area contributed by atoms with Gasteiger partial charge in [0.15, 0.2) is 0 Å². The zero-order valence-corrected chi connectivity index (χ0v) is 39.8. The maximum atomic E-state index is 12.2. The number of ether oxygens (including phenoxy) is 2. The summed E-state index contributed by atoms with van der Waals surface area (Å²) in [6, 6.07) is 0. The summed E-state index contributed by atoms with van der Waals surface area (Å²) in [5.41, 5.74) is 0. The van der Waals surface area contributed by atoms with Gasteiger partial charge < -0.3 is 29.5 Å². The van der Waals surface area contributed by atoms with Crippen molar-refractivity contribution in [2.24, 2.45) is 0 Å². The molecule has 0 amide bonds. The molecular weight excluding hydrogens is 749 g/mol. The highest BCUT2D eigenvalue weighted by Crippen LogP contribution is 2.14. The van der Waals surface area contributed by atoms with Crippen molar-refractivity contribution in [1.82, 2.24) is 9.80 Å². The summed E-state index contributed by atoms with van der Waals surface area (Å²) >= 11 is 0. The van der Waals surface area contributed by atoms with Gasteiger partial charge in [-0.1, -0.05) is 167 Å². The summed E-state index contributed by atoms with van der Waals surface area (Å²) < 4.78 is 10.8. The van der Waals surface area contributed by atoms with Gasteiger partial charge in [0.2, 0.25) is 0 Å². The third-order valence-corrected chi connectivity index (χ3v) is 11.6. The van der Waals surface area contributed by atoms with Gasteiger partial charge in [0.25, 0.3) is 0 Å². The Balaban J connectivity index is 3.57. The van der Waals surface area contributed by atoms with Gasteiger partial charge in [0.05, 0.1) is 26.4 Å². The van der Waals surface area contributed by atoms with Crippen LogP contribution >= 0.6 is 0 Å². The largest absolute Gasteiger partial charge is 0.466 e. The molecule has 8 nitrogen and oxygen atoms in total. The average Bonchev–Trinajstić information content (AvgIpc) is 3.24. The van der Waals surface area contributed by atoms with Gasteiger partial charge >= 0.3 is 11.9 Å². The van der Waals surface area contributed by atoms with Gasteiger partial charge in [-0.25, -0.2) is 0 Å². The van der Waals surface area contributed by atoms with E-state index in [1.165, 1.54) is 148 Å². The van der Waals surface area contributed by atoms with E-state index in [2.05, 4.69) is 48.0 Å². The highest BCUT2D eigenvalue weighted by atomic mass is 16.5. The average molecular weight is 849 g/mol. The molecule has 0 unspecified atom stereocenters. The van der Waals surface area contributed by atoms with Crippen molar-refractivity contribution in [3.63, 3.8) is 0 Å². The molecule has 0 rings (SSSR count). The summed E-state index contributed by atoms with van der Waals surface area (Å²) in [5, 5.41) is 18.9. The van der Waals surface area contributed by atoms with Crippen molar-refractivity contribution in [2.45, 2.75) is 232 Å². The molecule has 0 atom stereocenters. The van der Waals surface area contributed by atoms with Crippen LogP contribution in [-0.4, -0.2) is 97.6 Å². The van der Waals surface area contributed by atoms with Gasteiger partial charge in [0.1, 0.15) is 0 Å². The van der Waals surface area contributed by atoms with Crippen molar-refractivity contribution >= 4 is 11.9 Å². The van der Waals surface area contributed by atoms with E-state index in [1.54, 1.807) is 0 Å². The lowest BCUT2D eigenvalue weighted by Crippen LogP contribution is -2.29. The Labute approximate surface area is 372 Å². The van der Waals surface area contributed by atoms with E-state index in [4.69, 9.17) is 9.47 Å². The van der Waals surface area contributed by atoms with Crippen LogP contribution in [0.1, 0.15) is 232 Å². The van der Waals surface area contributed by atoms with Crippen molar-refractivity contribution in [3.05, 3.63) is 24.3 Å². The lowest BCUT2D eigenvalue weighted by Gasteiger charge is -2.21. The minimum Gasteiger partial charge on any atom is -0.466 e. The second-order valence-electron chi connectivity index (χ2n) is 17.4. The number of hydrogen-bond acceptors (Lipinski definition) is 8. The van der Waals surface area contributed by atoms with Crippen LogP contribution in [-0.2, 0) is 19.1 Å². The van der Waals surface area contributed by atoms with Crippen LogP contribution in [0.3, 0.4) is 0 Å². The molecule has 2 N–H and O–H groups in total. The van der Waals surface area contributed by atoms with Gasteiger partial charge in [0, 0.05) is 32.5 Å². The first-order valence-corrected chi connectivity index (χ1v) is 25.8. The maximum Gasteiger partial charge on any atom is 0.305 e. The van der Waals surface area contributed by atoms with Gasteiger partial charge in [-0.2, -0.15) is 0 Å². The topological polar surface area (TPSA) is 99.5 Å². The van der Waals surface area contributed by atoms with E-state index >= 15 is 0 Å². The molecule has 0 aromatic heterocycles. The van der Waals surface area contributed by atoms with Crippen LogP contribution in [0.15, 0.2) is 24.3 Å². The van der Waals surface area contributed by atoms with E-state index in [0.29, 0.717) is 26.1 Å². The fourth-order valence-electron chi connectivity index (χ4n) is 7.75. The number of aliphatic hydroxyl groups excluding tert-OH is 2. The maximum absolute atomic E-state index is 12.2. The first-order valence-electron chi connectivity index (χ1n) is 25.8. The van der Waals surface area contributed by atoms with E-state index in [1.807, 2.05) is 0 Å². The van der Waals surface area contributed by atoms with Crippen LogP contribution in [0, 0.1) is 0 Å². The number of aliphatic hydroxyl groups is 2. The quantitative estimate of drug-likeness (QED) is 0.0355. The van der Waals surface area contributed by atoms with E-state index in [-0.39, 0.29) is 25.2 Å². The fraction of sp³-hybridized carbons (Fsp3) is 0.885. The minimum atomic E-state index is -0.0523. The molecule has 0 aliphatic rings. The zero-order chi connectivity index (χ0) is 43.7. The standard InChI is InChI=1S/C52H100N2O6/c1-3-5-7-9-17-25-33-41-53(45-47-55)42-34-26-18-11-12-22-30-38-50-60-52(58)40-32-24-16-14-20-28-36-44-54(46-48-56)43-35-27-19-13-15-23-31-39-51(57)59-49-37-29-21-10-8-6-4-2/h17,21,25,29,55-56H,3-16,18-20,22-24,26-28,30-50H2,1-2H3/b25-17-,29-21-. The molecule has 0 saturated carbocycles. The number of rotatable bonds is 49. The first-order chi connectivity index (χ1) is 29.6. The number of unbranched alkanes of at least 4 members (excludes halogenated alkanes) is 25. The first kappa shape index (κ1) is 58.3. The van der Waals surface area contributed by atoms with Gasteiger partial charge in [-0.3, -0.25) is 9.59 Å². The molecule has 0 aromatic rings. The van der Waals surface area contributed by atoms with Crippen LogP contribution in [0.2, 0.25) is 0 Å². The van der Waals surface area contributed by atoms with Crippen LogP contribution < -0.4 is 0 Å². The molecule has 0 radical (unpaired) electrons. The third-order valence-electron chi connectivity index (χ3n) is 11.6. The number of hydrogen-bond donors (Lipinski definition) is 2. The lowest BCUT2D eigenvalue weighted by molar-refractivity contribution is -0.144. The predicted molar refractivity (Wildman–Crippen MR) is 256 cm³/mol. The second-order valence-corrected chi connectivity index (χ2v) is 17.4. The highest BCUT2D eigenvalue weighted by Gasteiger charge is 2.07. The minimum absolute atomic E-state index is 0.0291. The zero-order valence-electron chi connectivity index (χ0n) is 39.8. The van der Waals surface area contributed by atoms with Crippen LogP contribution in [0.4, 0.5) is 0 Å². The highest BCUT2D eigenvalue weighted by molar-refractivity contribution is 5.69. The molecule has 0 aliphatic carbocycles. The third kappa shape index (κ3) is 45.8. The second kappa shape index (κ2) is 49.9. The van der Waals surface area contributed by atoms with Crippen LogP contribution in [0.5, 0.6) is 0 Å². The summed E-state index contributed by atoms with van der Waals surface area (Å²) in [6.07, 6.45) is 47.9. The fourth-order valence-corrected chi connectivity index (χ4v) is 7.75. The SMILES string of the molecule is CCCCC/C=C\CCOC(=O)CCCCCCCCCN(CCO)CCCCCCCCCC(=O)OCCCCCCCCCCN(CCO)CC/C=C\CCCCC. The Bertz CT molecular complexity index is 943. The Morgan fingerprint density at radius 2 is 0.717 bits per heavy atom. The number of nitrogens with zero attached hydrogens (tertiary/aromatic N) is 2. The number of carbonyl (C=O) groups is 2. The Morgan fingerprint density at radius 1 is 0.367 bits per heavy atom. The molecule has 0 saturated heterocycles. The van der Waals surface area contributed by atoms with Crippen molar-refractivity contribution < 1.29 is 29.3 Å². The molecule has 0 spiro atoms. The molecule has 0 heterocycles. The number of esters is 2. The van der Waals surface area contributed by atoms with E-state index in [0.717, 1.165) is 97.1 Å². The monoisotopic (exact) mass is 849 g/mol. The van der Waals surface area contributed by atoms with E-state index < -0.39 is 0 Å². The Kier molecular flexibility index (Phi) is 48.5. The number of allylic oxidation sites excluding steroid dienone is 2. The summed E-state index contributed by atoms with van der Waals surface area (Å²) in [6.45, 7) is 11.9. The smallest absolute Gasteiger partial charge is 0.305 e. The molecule has 0 fully saturated rings. The van der Waals surface area contributed by atoms with Crippen molar-refractivity contribution in [2.75, 3.05) is 65.7 Å². The van der Waals surface area contributed by atoms with Crippen molar-refractivity contribution in [3.8, 4) is 0 Å². The molecule has 8 heteroatoms. The Hall–Kier alpha value is -1.74. The molecule has 354 valence electrons. The molecular formula is C52H100N2O6. The summed E-state index contributed by atoms with van der Waals surface area (Å²) in [4.78, 5) is 28.9. The number of carbonyl (C=O) groups excluding carboxylic acids is 2. The summed E-state index contributed by atoms with van der Waals surface area (Å²) in [7, 11) is 0.